The molecule has 0 bridgehead atoms. The monoisotopic (exact) mass is 499 g/mol. The summed E-state index contributed by atoms with van der Waals surface area (Å²) in [5, 5.41) is 15.9. The van der Waals surface area contributed by atoms with E-state index in [0.29, 0.717) is 41.0 Å². The number of hydrogen-bond donors (Lipinski definition) is 3. The molecule has 5 amide bonds. The van der Waals surface area contributed by atoms with Gasteiger partial charge in [0.05, 0.1) is 11.9 Å². The molecule has 1 atom stereocenters. The summed E-state index contributed by atoms with van der Waals surface area (Å²) >= 11 is 0. The number of carbonyl (C=O) groups excluding carboxylic acids is 5. The van der Waals surface area contributed by atoms with Gasteiger partial charge in [-0.05, 0) is 54.3 Å². The van der Waals surface area contributed by atoms with Crippen LogP contribution in [0.15, 0.2) is 42.6 Å². The first-order chi connectivity index (χ1) is 17.9. The SMILES string of the molecule is O=C1CCC(N2Cc3cc(-n4cc(C(=O)Nc5cccc6c5CCNC6=O)nn4)ccc3C2=O)C(=O)N1. The molecular formula is C25H21N7O5. The Hall–Kier alpha value is -4.87. The number of imide groups is 1. The fourth-order valence-corrected chi connectivity index (χ4v) is 4.97. The summed E-state index contributed by atoms with van der Waals surface area (Å²) in [6.07, 6.45) is 2.56. The van der Waals surface area contributed by atoms with Gasteiger partial charge in [-0.25, -0.2) is 4.68 Å². The van der Waals surface area contributed by atoms with E-state index in [1.807, 2.05) is 0 Å². The molecule has 0 aliphatic carbocycles. The molecule has 1 fully saturated rings. The van der Waals surface area contributed by atoms with Gasteiger partial charge in [-0.1, -0.05) is 11.3 Å². The van der Waals surface area contributed by atoms with Gasteiger partial charge in [0.2, 0.25) is 11.8 Å². The third kappa shape index (κ3) is 3.92. The maximum Gasteiger partial charge on any atom is 0.277 e. The number of carbonyl (C=O) groups is 5. The van der Waals surface area contributed by atoms with Crippen molar-refractivity contribution in [1.29, 1.82) is 0 Å². The molecule has 12 heteroatoms. The Kier molecular flexibility index (Phi) is 5.29. The van der Waals surface area contributed by atoms with Gasteiger partial charge in [0.25, 0.3) is 17.7 Å². The Morgan fingerprint density at radius 1 is 1.05 bits per heavy atom. The minimum atomic E-state index is -0.697. The average molecular weight is 499 g/mol. The average Bonchev–Trinajstić information content (AvgIpc) is 3.50. The van der Waals surface area contributed by atoms with Crippen molar-refractivity contribution in [3.8, 4) is 5.69 Å². The maximum absolute atomic E-state index is 12.9. The van der Waals surface area contributed by atoms with Crippen LogP contribution in [0.3, 0.4) is 0 Å². The Morgan fingerprint density at radius 3 is 2.76 bits per heavy atom. The van der Waals surface area contributed by atoms with Gasteiger partial charge >= 0.3 is 0 Å². The van der Waals surface area contributed by atoms with E-state index in [1.165, 1.54) is 15.8 Å². The van der Waals surface area contributed by atoms with Crippen LogP contribution in [0.25, 0.3) is 5.69 Å². The number of hydrogen-bond acceptors (Lipinski definition) is 7. The third-order valence-corrected chi connectivity index (χ3v) is 6.83. The molecule has 2 aromatic carbocycles. The number of piperidine rings is 1. The first-order valence-corrected chi connectivity index (χ1v) is 11.8. The summed E-state index contributed by atoms with van der Waals surface area (Å²) < 4.78 is 1.43. The van der Waals surface area contributed by atoms with Crippen molar-refractivity contribution in [3.05, 3.63) is 70.5 Å². The molecule has 1 aromatic heterocycles. The highest BCUT2D eigenvalue weighted by molar-refractivity contribution is 6.06. The summed E-state index contributed by atoms with van der Waals surface area (Å²) in [5.41, 5.74) is 3.72. The number of anilines is 1. The zero-order valence-electron chi connectivity index (χ0n) is 19.5. The quantitative estimate of drug-likeness (QED) is 0.443. The number of nitrogens with zero attached hydrogens (tertiary/aromatic N) is 4. The Balaban J connectivity index is 1.20. The van der Waals surface area contributed by atoms with Gasteiger partial charge in [0, 0.05) is 36.3 Å². The molecule has 0 spiro atoms. The zero-order chi connectivity index (χ0) is 25.7. The summed E-state index contributed by atoms with van der Waals surface area (Å²) in [5.74, 6) is -1.71. The van der Waals surface area contributed by atoms with Crippen LogP contribution in [0.2, 0.25) is 0 Å². The van der Waals surface area contributed by atoms with Crippen LogP contribution >= 0.6 is 0 Å². The van der Waals surface area contributed by atoms with E-state index >= 15 is 0 Å². The Labute approximate surface area is 210 Å². The molecule has 1 unspecified atom stereocenters. The second kappa shape index (κ2) is 8.66. The van der Waals surface area contributed by atoms with E-state index in [-0.39, 0.29) is 42.8 Å². The summed E-state index contributed by atoms with van der Waals surface area (Å²) in [7, 11) is 0. The highest BCUT2D eigenvalue weighted by Crippen LogP contribution is 2.29. The fraction of sp³-hybridized carbons (Fsp3) is 0.240. The summed E-state index contributed by atoms with van der Waals surface area (Å²) in [6, 6.07) is 9.58. The number of benzene rings is 2. The van der Waals surface area contributed by atoms with Gasteiger partial charge in [0.1, 0.15) is 6.04 Å². The van der Waals surface area contributed by atoms with E-state index in [0.717, 1.165) is 5.56 Å². The highest BCUT2D eigenvalue weighted by atomic mass is 16.2. The van der Waals surface area contributed by atoms with Gasteiger partial charge in [0.15, 0.2) is 5.69 Å². The molecule has 1 saturated heterocycles. The van der Waals surface area contributed by atoms with Crippen molar-refractivity contribution in [1.82, 2.24) is 30.5 Å². The van der Waals surface area contributed by atoms with Crippen molar-refractivity contribution in [2.45, 2.75) is 31.8 Å². The first kappa shape index (κ1) is 22.6. The molecule has 12 nitrogen and oxygen atoms in total. The normalized spacial score (nSPS) is 18.7. The van der Waals surface area contributed by atoms with Gasteiger partial charge in [-0.15, -0.1) is 5.10 Å². The number of aromatic nitrogens is 3. The van der Waals surface area contributed by atoms with Gasteiger partial charge in [-0.2, -0.15) is 0 Å². The Morgan fingerprint density at radius 2 is 1.92 bits per heavy atom. The summed E-state index contributed by atoms with van der Waals surface area (Å²) in [4.78, 5) is 63.1. The molecular weight excluding hydrogens is 478 g/mol. The lowest BCUT2D eigenvalue weighted by Crippen LogP contribution is -2.52. The van der Waals surface area contributed by atoms with Crippen LogP contribution in [0.1, 0.15) is 55.2 Å². The van der Waals surface area contributed by atoms with Gasteiger partial charge < -0.3 is 15.5 Å². The number of fused-ring (bicyclic) bond motifs is 2. The van der Waals surface area contributed by atoms with E-state index < -0.39 is 17.9 Å². The molecule has 37 heavy (non-hydrogen) atoms. The number of amides is 5. The summed E-state index contributed by atoms with van der Waals surface area (Å²) in [6.45, 7) is 0.722. The van der Waals surface area contributed by atoms with Crippen molar-refractivity contribution in [2.75, 3.05) is 11.9 Å². The molecule has 3 aromatic rings. The van der Waals surface area contributed by atoms with Crippen molar-refractivity contribution < 1.29 is 24.0 Å². The minimum absolute atomic E-state index is 0.0830. The Bertz CT molecular complexity index is 1510. The van der Waals surface area contributed by atoms with Crippen molar-refractivity contribution in [3.63, 3.8) is 0 Å². The lowest BCUT2D eigenvalue weighted by molar-refractivity contribution is -0.136. The standard InChI is InChI=1S/C25H21N7O5/c33-21-7-6-20(24(36)28-21)31-11-13-10-14(4-5-15(13)25(31)37)32-12-19(29-30-32)23(35)27-18-3-1-2-17-16(18)8-9-26-22(17)34/h1-5,10,12,20H,6-9,11H2,(H,26,34)(H,27,35)(H,28,33,36). The predicted molar refractivity (Wildman–Crippen MR) is 128 cm³/mol. The third-order valence-electron chi connectivity index (χ3n) is 6.83. The maximum atomic E-state index is 12.9. The molecule has 6 rings (SSSR count). The highest BCUT2D eigenvalue weighted by Gasteiger charge is 2.39. The molecule has 186 valence electrons. The van der Waals surface area contributed by atoms with Crippen LogP contribution < -0.4 is 16.0 Å². The van der Waals surface area contributed by atoms with Crippen molar-refractivity contribution in [2.24, 2.45) is 0 Å². The predicted octanol–water partition coefficient (Wildman–Crippen LogP) is 0.566. The first-order valence-electron chi connectivity index (χ1n) is 11.8. The second-order valence-electron chi connectivity index (χ2n) is 9.08. The van der Waals surface area contributed by atoms with E-state index in [4.69, 9.17) is 0 Å². The fourth-order valence-electron chi connectivity index (χ4n) is 4.97. The topological polar surface area (TPSA) is 155 Å². The molecule has 0 saturated carbocycles. The number of nitrogens with one attached hydrogen (secondary N) is 3. The second-order valence-corrected chi connectivity index (χ2v) is 9.08. The van der Waals surface area contributed by atoms with E-state index in [9.17, 15) is 24.0 Å². The van der Waals surface area contributed by atoms with Crippen LogP contribution in [0.5, 0.6) is 0 Å². The van der Waals surface area contributed by atoms with E-state index in [2.05, 4.69) is 26.3 Å². The number of rotatable bonds is 4. The molecule has 3 aliphatic heterocycles. The van der Waals surface area contributed by atoms with Gasteiger partial charge in [-0.3, -0.25) is 29.3 Å². The molecule has 0 radical (unpaired) electrons. The van der Waals surface area contributed by atoms with Crippen LogP contribution in [0, 0.1) is 0 Å². The largest absolute Gasteiger partial charge is 0.352 e. The molecule has 3 N–H and O–H groups in total. The van der Waals surface area contributed by atoms with Crippen LogP contribution in [-0.4, -0.2) is 62.0 Å². The van der Waals surface area contributed by atoms with Crippen LogP contribution in [-0.2, 0) is 22.6 Å². The van der Waals surface area contributed by atoms with Crippen molar-refractivity contribution >= 4 is 35.2 Å². The van der Waals surface area contributed by atoms with Crippen LogP contribution in [0.4, 0.5) is 5.69 Å². The molecule has 4 heterocycles. The smallest absolute Gasteiger partial charge is 0.277 e. The lowest BCUT2D eigenvalue weighted by atomic mass is 9.98. The minimum Gasteiger partial charge on any atom is -0.352 e. The zero-order valence-corrected chi connectivity index (χ0v) is 19.5. The lowest BCUT2D eigenvalue weighted by Gasteiger charge is -2.29. The molecule has 3 aliphatic rings. The van der Waals surface area contributed by atoms with E-state index in [1.54, 1.807) is 36.4 Å².